The zero-order valence-electron chi connectivity index (χ0n) is 24.6. The Labute approximate surface area is 258 Å². The average Bonchev–Trinajstić information content (AvgIpc) is 3.39. The summed E-state index contributed by atoms with van der Waals surface area (Å²) >= 11 is 0. The van der Waals surface area contributed by atoms with Crippen molar-refractivity contribution in [1.82, 2.24) is 14.5 Å². The van der Waals surface area contributed by atoms with Gasteiger partial charge in [0.05, 0.1) is 22.6 Å². The third-order valence-electron chi connectivity index (χ3n) is 8.06. The normalized spacial score (nSPS) is 11.3. The van der Waals surface area contributed by atoms with Crippen LogP contribution >= 0.6 is 0 Å². The monoisotopic (exact) mass is 565 g/mol. The Hall–Kier alpha value is -5.80. The molecule has 0 bridgehead atoms. The van der Waals surface area contributed by atoms with E-state index in [0.717, 1.165) is 39.5 Å². The second-order valence-electron chi connectivity index (χ2n) is 10.8. The Balaban J connectivity index is 1.23. The van der Waals surface area contributed by atoms with Gasteiger partial charge in [0, 0.05) is 28.5 Å². The highest BCUT2D eigenvalue weighted by molar-refractivity contribution is 5.90. The highest BCUT2D eigenvalue weighted by Crippen LogP contribution is 2.33. The first kappa shape index (κ1) is 27.1. The van der Waals surface area contributed by atoms with Crippen LogP contribution in [0, 0.1) is 6.92 Å². The molecule has 0 aliphatic rings. The fourth-order valence-electron chi connectivity index (χ4n) is 5.82. The summed E-state index contributed by atoms with van der Waals surface area (Å²) < 4.78 is 2.32. The predicted octanol–water partition coefficient (Wildman–Crippen LogP) is 10.6. The van der Waals surface area contributed by atoms with Gasteiger partial charge in [0.2, 0.25) is 0 Å². The van der Waals surface area contributed by atoms with Crippen molar-refractivity contribution < 1.29 is 0 Å². The molecular formula is C41H31N3. The van der Waals surface area contributed by atoms with Crippen LogP contribution in [-0.2, 0) is 0 Å². The molecule has 0 radical (unpaired) electrons. The quantitative estimate of drug-likeness (QED) is 0.180. The van der Waals surface area contributed by atoms with E-state index in [9.17, 15) is 0 Å². The number of rotatable bonds is 7. The molecule has 0 fully saturated rings. The highest BCUT2D eigenvalue weighted by Gasteiger charge is 2.14. The second kappa shape index (κ2) is 11.8. The van der Waals surface area contributed by atoms with Gasteiger partial charge in [-0.25, -0.2) is 4.98 Å². The maximum absolute atomic E-state index is 4.97. The number of benzene rings is 4. The number of allylic oxidation sites excluding steroid dienone is 2. The first-order chi connectivity index (χ1) is 21.7. The van der Waals surface area contributed by atoms with Gasteiger partial charge < -0.3 is 4.57 Å². The van der Waals surface area contributed by atoms with Crippen molar-refractivity contribution in [2.45, 2.75) is 6.92 Å². The van der Waals surface area contributed by atoms with Crippen molar-refractivity contribution in [3.05, 3.63) is 170 Å². The van der Waals surface area contributed by atoms with E-state index in [4.69, 9.17) is 4.98 Å². The number of aryl methyl sites for hydroxylation is 1. The van der Waals surface area contributed by atoms with Crippen molar-refractivity contribution in [2.24, 2.45) is 0 Å². The lowest BCUT2D eigenvalue weighted by atomic mass is 9.98. The van der Waals surface area contributed by atoms with E-state index in [1.807, 2.05) is 54.7 Å². The van der Waals surface area contributed by atoms with Crippen molar-refractivity contribution in [3.8, 4) is 50.6 Å². The molecule has 7 aromatic rings. The smallest absolute Gasteiger partial charge is 0.0899 e. The third-order valence-corrected chi connectivity index (χ3v) is 8.06. The molecule has 0 atom stereocenters. The van der Waals surface area contributed by atoms with Crippen molar-refractivity contribution >= 4 is 17.0 Å². The summed E-state index contributed by atoms with van der Waals surface area (Å²) in [7, 11) is 0. The summed E-state index contributed by atoms with van der Waals surface area (Å²) in [6.45, 7) is 6.05. The molecule has 0 saturated carbocycles. The molecule has 3 aromatic heterocycles. The third kappa shape index (κ3) is 5.16. The molecule has 0 aliphatic carbocycles. The Morgan fingerprint density at radius 1 is 0.591 bits per heavy atom. The predicted molar refractivity (Wildman–Crippen MR) is 185 cm³/mol. The number of fused-ring (bicyclic) bond motifs is 1. The van der Waals surface area contributed by atoms with Crippen LogP contribution in [0.25, 0.3) is 67.6 Å². The Bertz CT molecular complexity index is 2040. The van der Waals surface area contributed by atoms with Gasteiger partial charge in [0.1, 0.15) is 0 Å². The first-order valence-corrected chi connectivity index (χ1v) is 14.8. The van der Waals surface area contributed by atoms with Crippen LogP contribution in [0.2, 0.25) is 0 Å². The molecule has 210 valence electrons. The summed E-state index contributed by atoms with van der Waals surface area (Å²) in [5.74, 6) is 0. The van der Waals surface area contributed by atoms with Crippen LogP contribution in [0.5, 0.6) is 0 Å². The number of pyridine rings is 2. The van der Waals surface area contributed by atoms with Crippen molar-refractivity contribution in [1.29, 1.82) is 0 Å². The first-order valence-electron chi connectivity index (χ1n) is 14.8. The van der Waals surface area contributed by atoms with Gasteiger partial charge in [-0.2, -0.15) is 0 Å². The number of nitrogens with zero attached hydrogens (tertiary/aromatic N) is 3. The molecule has 7 rings (SSSR count). The zero-order chi connectivity index (χ0) is 29.9. The molecular weight excluding hydrogens is 534 g/mol. The fourth-order valence-corrected chi connectivity index (χ4v) is 5.82. The summed E-state index contributed by atoms with van der Waals surface area (Å²) in [6.07, 6.45) is 7.77. The molecule has 3 heteroatoms. The summed E-state index contributed by atoms with van der Waals surface area (Å²) in [4.78, 5) is 9.53. The molecule has 3 heterocycles. The topological polar surface area (TPSA) is 30.7 Å². The van der Waals surface area contributed by atoms with E-state index in [1.54, 1.807) is 0 Å². The Morgan fingerprint density at radius 2 is 1.23 bits per heavy atom. The van der Waals surface area contributed by atoms with Gasteiger partial charge in [-0.1, -0.05) is 110 Å². The molecule has 0 amide bonds. The van der Waals surface area contributed by atoms with Crippen LogP contribution in [0.15, 0.2) is 158 Å². The van der Waals surface area contributed by atoms with Gasteiger partial charge in [0.15, 0.2) is 0 Å². The summed E-state index contributed by atoms with van der Waals surface area (Å²) in [5, 5.41) is 1.26. The van der Waals surface area contributed by atoms with Gasteiger partial charge in [-0.3, -0.25) is 4.98 Å². The number of aromatic nitrogens is 3. The standard InChI is InChI=1S/C41H31N3/c1-3-4-16-40-29(2)36-14-8-9-17-41(36)44(40)35-24-22-31(23-25-35)30-18-20-32(21-19-30)34-27-38(33-12-6-5-7-13-33)43-39(28-34)37-15-10-11-26-42-37/h3-28H,1H2,2H3/b16-4-. The molecule has 0 aliphatic heterocycles. The maximum atomic E-state index is 4.97. The number of hydrogen-bond acceptors (Lipinski definition) is 2. The van der Waals surface area contributed by atoms with Crippen LogP contribution in [-0.4, -0.2) is 14.5 Å². The number of hydrogen-bond donors (Lipinski definition) is 0. The van der Waals surface area contributed by atoms with Gasteiger partial charge >= 0.3 is 0 Å². The molecule has 44 heavy (non-hydrogen) atoms. The minimum Gasteiger partial charge on any atom is -0.310 e. The lowest BCUT2D eigenvalue weighted by Crippen LogP contribution is -1.97. The van der Waals surface area contributed by atoms with Gasteiger partial charge in [-0.15, -0.1) is 0 Å². The molecule has 0 spiro atoms. The maximum Gasteiger partial charge on any atom is 0.0899 e. The fraction of sp³-hybridized carbons (Fsp3) is 0.0244. The Morgan fingerprint density at radius 3 is 1.93 bits per heavy atom. The molecule has 0 unspecified atom stereocenters. The van der Waals surface area contributed by atoms with Crippen LogP contribution in [0.3, 0.4) is 0 Å². The van der Waals surface area contributed by atoms with Gasteiger partial charge in [0.25, 0.3) is 0 Å². The summed E-state index contributed by atoms with van der Waals surface area (Å²) in [5.41, 5.74) is 13.1. The Kier molecular flexibility index (Phi) is 7.27. The second-order valence-corrected chi connectivity index (χ2v) is 10.8. The van der Waals surface area contributed by atoms with E-state index in [2.05, 4.69) is 126 Å². The minimum absolute atomic E-state index is 0.858. The molecule has 3 nitrogen and oxygen atoms in total. The van der Waals surface area contributed by atoms with E-state index < -0.39 is 0 Å². The molecule has 4 aromatic carbocycles. The van der Waals surface area contributed by atoms with Crippen LogP contribution in [0.1, 0.15) is 11.3 Å². The largest absolute Gasteiger partial charge is 0.310 e. The SMILES string of the molecule is C=C/C=C\c1c(C)c2ccccc2n1-c1ccc(-c2ccc(-c3cc(-c4ccccc4)nc(-c4ccccn4)c3)cc2)cc1. The minimum atomic E-state index is 0.858. The van der Waals surface area contributed by atoms with Crippen LogP contribution in [0.4, 0.5) is 0 Å². The summed E-state index contributed by atoms with van der Waals surface area (Å²) in [6, 6.07) is 46.7. The van der Waals surface area contributed by atoms with E-state index in [1.165, 1.54) is 33.3 Å². The molecule has 0 N–H and O–H groups in total. The highest BCUT2D eigenvalue weighted by atomic mass is 15.0. The van der Waals surface area contributed by atoms with Crippen molar-refractivity contribution in [2.75, 3.05) is 0 Å². The van der Waals surface area contributed by atoms with E-state index in [0.29, 0.717) is 0 Å². The van der Waals surface area contributed by atoms with E-state index >= 15 is 0 Å². The lowest BCUT2D eigenvalue weighted by molar-refractivity contribution is 1.10. The van der Waals surface area contributed by atoms with Crippen LogP contribution < -0.4 is 0 Å². The average molecular weight is 566 g/mol. The number of para-hydroxylation sites is 1. The zero-order valence-corrected chi connectivity index (χ0v) is 24.6. The lowest BCUT2D eigenvalue weighted by Gasteiger charge is -2.12. The van der Waals surface area contributed by atoms with Gasteiger partial charge in [-0.05, 0) is 83.3 Å². The van der Waals surface area contributed by atoms with Crippen molar-refractivity contribution in [3.63, 3.8) is 0 Å². The van der Waals surface area contributed by atoms with E-state index in [-0.39, 0.29) is 0 Å². The molecule has 0 saturated heterocycles.